The van der Waals surface area contributed by atoms with Gasteiger partial charge in [-0.15, -0.1) is 0 Å². The van der Waals surface area contributed by atoms with Gasteiger partial charge < -0.3 is 14.6 Å². The molecule has 0 bridgehead atoms. The summed E-state index contributed by atoms with van der Waals surface area (Å²) in [6.07, 6.45) is 1.57. The third-order valence-electron chi connectivity index (χ3n) is 5.04. The molecule has 6 heteroatoms. The number of rotatable bonds is 6. The zero-order valence-electron chi connectivity index (χ0n) is 19.2. The van der Waals surface area contributed by atoms with Crippen LogP contribution in [0, 0.1) is 5.92 Å². The molecule has 0 radical (unpaired) electrons. The Balaban J connectivity index is 2.00. The average Bonchev–Trinajstić information content (AvgIpc) is 2.73. The Morgan fingerprint density at radius 2 is 1.62 bits per heavy atom. The van der Waals surface area contributed by atoms with Crippen LogP contribution in [0.15, 0.2) is 65.6 Å². The van der Waals surface area contributed by atoms with Gasteiger partial charge in [0.1, 0.15) is 17.2 Å². The average molecular weight is 435 g/mol. The molecule has 0 aliphatic carbocycles. The summed E-state index contributed by atoms with van der Waals surface area (Å²) in [4.78, 5) is 39.0. The fourth-order valence-corrected chi connectivity index (χ4v) is 3.50. The number of aromatic nitrogens is 1. The van der Waals surface area contributed by atoms with Crippen molar-refractivity contribution in [3.05, 3.63) is 82.1 Å². The minimum absolute atomic E-state index is 0.00570. The summed E-state index contributed by atoms with van der Waals surface area (Å²) in [7, 11) is 0. The summed E-state index contributed by atoms with van der Waals surface area (Å²) in [6.45, 7) is 9.47. The Labute approximate surface area is 188 Å². The lowest BCUT2D eigenvalue weighted by molar-refractivity contribution is -0.158. The van der Waals surface area contributed by atoms with Crippen LogP contribution in [0.2, 0.25) is 0 Å². The van der Waals surface area contributed by atoms with E-state index >= 15 is 0 Å². The van der Waals surface area contributed by atoms with Gasteiger partial charge in [-0.05, 0) is 44.4 Å². The molecule has 6 nitrogen and oxygen atoms in total. The molecule has 0 aliphatic rings. The fraction of sp³-hybridized carbons (Fsp3) is 0.346. The van der Waals surface area contributed by atoms with Gasteiger partial charge in [-0.3, -0.25) is 9.59 Å². The van der Waals surface area contributed by atoms with Crippen molar-refractivity contribution in [3.63, 3.8) is 0 Å². The molecule has 3 aromatic rings. The highest BCUT2D eigenvalue weighted by Gasteiger charge is 2.30. The van der Waals surface area contributed by atoms with E-state index in [-0.39, 0.29) is 16.9 Å². The maximum atomic E-state index is 13.2. The monoisotopic (exact) mass is 434 g/mol. The number of fused-ring (bicyclic) bond motifs is 1. The van der Waals surface area contributed by atoms with Crippen molar-refractivity contribution in [3.8, 4) is 0 Å². The van der Waals surface area contributed by atoms with E-state index in [0.29, 0.717) is 11.9 Å². The summed E-state index contributed by atoms with van der Waals surface area (Å²) in [6, 6.07) is 16.2. The molecular weight excluding hydrogens is 404 g/mol. The van der Waals surface area contributed by atoms with E-state index in [1.54, 1.807) is 39.1 Å². The molecule has 0 saturated heterocycles. The van der Waals surface area contributed by atoms with Gasteiger partial charge in [0.25, 0.3) is 5.91 Å². The van der Waals surface area contributed by atoms with Crippen molar-refractivity contribution < 1.29 is 14.3 Å². The van der Waals surface area contributed by atoms with Crippen LogP contribution in [-0.2, 0) is 16.1 Å². The van der Waals surface area contributed by atoms with Gasteiger partial charge in [-0.1, -0.05) is 56.3 Å². The van der Waals surface area contributed by atoms with Crippen molar-refractivity contribution in [2.24, 2.45) is 5.92 Å². The molecule has 1 heterocycles. The summed E-state index contributed by atoms with van der Waals surface area (Å²) in [5.41, 5.74) is 0.732. The highest BCUT2D eigenvalue weighted by molar-refractivity contribution is 5.99. The van der Waals surface area contributed by atoms with E-state index in [9.17, 15) is 14.4 Å². The summed E-state index contributed by atoms with van der Waals surface area (Å²) >= 11 is 0. The molecular formula is C26H30N2O4. The van der Waals surface area contributed by atoms with E-state index in [0.717, 1.165) is 11.1 Å². The molecule has 1 amide bonds. The number of benzene rings is 2. The second-order valence-electron chi connectivity index (χ2n) is 9.23. The second kappa shape index (κ2) is 9.39. The molecule has 1 aromatic heterocycles. The second-order valence-corrected chi connectivity index (χ2v) is 9.23. The van der Waals surface area contributed by atoms with Gasteiger partial charge in [0.2, 0.25) is 5.43 Å². The zero-order chi connectivity index (χ0) is 23.5. The smallest absolute Gasteiger partial charge is 0.329 e. The van der Waals surface area contributed by atoms with Crippen LogP contribution < -0.4 is 10.7 Å². The van der Waals surface area contributed by atoms with Crippen LogP contribution in [-0.4, -0.2) is 28.1 Å². The number of carbonyl (C=O) groups is 2. The van der Waals surface area contributed by atoms with Crippen LogP contribution in [0.4, 0.5) is 0 Å². The van der Waals surface area contributed by atoms with Crippen molar-refractivity contribution >= 4 is 22.8 Å². The van der Waals surface area contributed by atoms with Gasteiger partial charge in [0.15, 0.2) is 0 Å². The lowest BCUT2D eigenvalue weighted by atomic mass is 10.0. The van der Waals surface area contributed by atoms with Gasteiger partial charge in [-0.25, -0.2) is 4.79 Å². The third-order valence-corrected chi connectivity index (χ3v) is 5.04. The number of nitrogens with one attached hydrogen (secondary N) is 1. The molecule has 2 aromatic carbocycles. The summed E-state index contributed by atoms with van der Waals surface area (Å²) in [5.74, 6) is -1.32. The van der Waals surface area contributed by atoms with Crippen LogP contribution in [0.3, 0.4) is 0 Å². The lowest BCUT2D eigenvalue weighted by Crippen LogP contribution is -2.48. The first-order valence-corrected chi connectivity index (χ1v) is 10.8. The highest BCUT2D eigenvalue weighted by Crippen LogP contribution is 2.16. The minimum atomic E-state index is -0.866. The molecule has 0 saturated carbocycles. The number of hydrogen-bond donors (Lipinski definition) is 1. The van der Waals surface area contributed by atoms with Crippen molar-refractivity contribution in [1.82, 2.24) is 9.88 Å². The number of hydrogen-bond acceptors (Lipinski definition) is 4. The molecule has 168 valence electrons. The maximum Gasteiger partial charge on any atom is 0.329 e. The minimum Gasteiger partial charge on any atom is -0.458 e. The maximum absolute atomic E-state index is 13.2. The molecule has 1 atom stereocenters. The lowest BCUT2D eigenvalue weighted by Gasteiger charge is -2.26. The van der Waals surface area contributed by atoms with Crippen molar-refractivity contribution in [2.75, 3.05) is 0 Å². The summed E-state index contributed by atoms with van der Waals surface area (Å²) in [5, 5.41) is 3.18. The molecule has 1 N–H and O–H groups in total. The molecule has 32 heavy (non-hydrogen) atoms. The van der Waals surface area contributed by atoms with Crippen molar-refractivity contribution in [1.29, 1.82) is 0 Å². The van der Waals surface area contributed by atoms with E-state index in [1.807, 2.05) is 60.9 Å². The Morgan fingerprint density at radius 1 is 1.00 bits per heavy atom. The van der Waals surface area contributed by atoms with Crippen LogP contribution in [0.25, 0.3) is 10.9 Å². The van der Waals surface area contributed by atoms with E-state index in [1.165, 1.54) is 0 Å². The number of para-hydroxylation sites is 1. The third kappa shape index (κ3) is 5.44. The predicted molar refractivity (Wildman–Crippen MR) is 126 cm³/mol. The fourth-order valence-electron chi connectivity index (χ4n) is 3.50. The number of nitrogens with zero attached hydrogens (tertiary/aromatic N) is 1. The Hall–Kier alpha value is -3.41. The Morgan fingerprint density at radius 3 is 2.25 bits per heavy atom. The van der Waals surface area contributed by atoms with Gasteiger partial charge in [0.05, 0.1) is 5.52 Å². The van der Waals surface area contributed by atoms with Crippen LogP contribution >= 0.6 is 0 Å². The normalized spacial score (nSPS) is 12.6. The first-order valence-electron chi connectivity index (χ1n) is 10.8. The van der Waals surface area contributed by atoms with E-state index in [2.05, 4.69) is 5.32 Å². The zero-order valence-corrected chi connectivity index (χ0v) is 19.2. The van der Waals surface area contributed by atoms with Gasteiger partial charge in [0, 0.05) is 18.1 Å². The predicted octanol–water partition coefficient (Wildman–Crippen LogP) is 4.15. The molecule has 0 aliphatic heterocycles. The number of carbonyl (C=O) groups excluding carboxylic acids is 2. The quantitative estimate of drug-likeness (QED) is 0.592. The molecule has 1 unspecified atom stereocenters. The highest BCUT2D eigenvalue weighted by atomic mass is 16.6. The number of ether oxygens (including phenoxy) is 1. The van der Waals surface area contributed by atoms with Crippen molar-refractivity contribution in [2.45, 2.75) is 52.8 Å². The largest absolute Gasteiger partial charge is 0.458 e. The van der Waals surface area contributed by atoms with E-state index < -0.39 is 23.5 Å². The van der Waals surface area contributed by atoms with Crippen LogP contribution in [0.1, 0.15) is 50.5 Å². The summed E-state index contributed by atoms with van der Waals surface area (Å²) < 4.78 is 7.35. The van der Waals surface area contributed by atoms with E-state index in [4.69, 9.17) is 4.74 Å². The standard InChI is InChI=1S/C26H30N2O4/c1-17(2)22(25(31)32-26(3,4)5)27-24(30)20-16-28(15-18-11-7-6-8-12-18)21-14-10-9-13-19(21)23(20)29/h6-14,16-17,22H,15H2,1-5H3,(H,27,30). The number of amides is 1. The first kappa shape index (κ1) is 23.3. The topological polar surface area (TPSA) is 77.4 Å². The number of esters is 1. The number of pyridine rings is 1. The molecule has 0 spiro atoms. The van der Waals surface area contributed by atoms with Gasteiger partial charge in [-0.2, -0.15) is 0 Å². The van der Waals surface area contributed by atoms with Gasteiger partial charge >= 0.3 is 5.97 Å². The molecule has 0 fully saturated rings. The van der Waals surface area contributed by atoms with Crippen LogP contribution in [0.5, 0.6) is 0 Å². The SMILES string of the molecule is CC(C)C(NC(=O)c1cn(Cc2ccccc2)c2ccccc2c1=O)C(=O)OC(C)(C)C. The Bertz CT molecular complexity index is 1170. The molecule has 3 rings (SSSR count). The first-order chi connectivity index (χ1) is 15.1. The Kier molecular flexibility index (Phi) is 6.82.